The zero-order valence-corrected chi connectivity index (χ0v) is 73.1. The van der Waals surface area contributed by atoms with Crippen LogP contribution in [0, 0.1) is 29.2 Å². The Balaban J connectivity index is 0.000000150. The molecule has 6 aromatic heterocycles. The molecule has 25 aromatic rings. The van der Waals surface area contributed by atoms with Gasteiger partial charge in [-0.2, -0.15) is 10.5 Å². The highest BCUT2D eigenvalue weighted by Crippen LogP contribution is 2.48. The van der Waals surface area contributed by atoms with Gasteiger partial charge in [0.15, 0.2) is 40.6 Å². The van der Waals surface area contributed by atoms with Gasteiger partial charge in [0, 0.05) is 99.0 Å². The van der Waals surface area contributed by atoms with Gasteiger partial charge < -0.3 is 18.3 Å². The highest BCUT2D eigenvalue weighted by atomic mass is 15.1. The van der Waals surface area contributed by atoms with Crippen LogP contribution in [-0.2, 0) is 0 Å². The van der Waals surface area contributed by atoms with Gasteiger partial charge in [0.2, 0.25) is 0 Å². The third kappa shape index (κ3) is 14.3. The van der Waals surface area contributed by atoms with Crippen LogP contribution in [0.5, 0.6) is 0 Å². The lowest BCUT2D eigenvalue weighted by Crippen LogP contribution is -2.04. The first-order valence-corrected chi connectivity index (χ1v) is 45.1. The zero-order valence-electron chi connectivity index (χ0n) is 73.1. The normalized spacial score (nSPS) is 11.4. The summed E-state index contributed by atoms with van der Waals surface area (Å²) in [6, 6.07) is 162. The molecule has 0 bridgehead atoms. The average molecular weight is 1740 g/mol. The summed E-state index contributed by atoms with van der Waals surface area (Å²) >= 11 is 0. The van der Waals surface area contributed by atoms with E-state index in [4.69, 9.17) is 36.5 Å². The topological polar surface area (TPSA) is 149 Å². The number of para-hydroxylation sites is 7. The summed E-state index contributed by atoms with van der Waals surface area (Å²) in [7, 11) is 0. The average Bonchev–Trinajstić information content (AvgIpc) is 1.53. The molecule has 0 radical (unpaired) electrons. The van der Waals surface area contributed by atoms with Crippen LogP contribution in [0.15, 0.2) is 455 Å². The van der Waals surface area contributed by atoms with E-state index in [-0.39, 0.29) is 0 Å². The van der Waals surface area contributed by atoms with Crippen LogP contribution in [0.1, 0.15) is 11.1 Å². The number of hydrogen-bond acceptors (Lipinski definition) is 8. The molecule has 0 fully saturated rings. The Morgan fingerprint density at radius 2 is 0.493 bits per heavy atom. The lowest BCUT2D eigenvalue weighted by molar-refractivity contribution is 1.06. The van der Waals surface area contributed by atoms with Crippen molar-refractivity contribution in [3.63, 3.8) is 0 Å². The Morgan fingerprint density at radius 1 is 0.199 bits per heavy atom. The third-order valence-corrected chi connectivity index (χ3v) is 25.9. The van der Waals surface area contributed by atoms with E-state index in [0.717, 1.165) is 183 Å². The van der Waals surface area contributed by atoms with E-state index in [1.165, 1.54) is 16.2 Å². The van der Waals surface area contributed by atoms with Crippen LogP contribution >= 0.6 is 0 Å². The van der Waals surface area contributed by atoms with Crippen LogP contribution in [-0.4, -0.2) is 48.2 Å². The molecule has 0 atom stereocenters. The minimum atomic E-state index is 0.527. The molecule has 0 aliphatic heterocycles. The van der Waals surface area contributed by atoms with E-state index >= 15 is 0 Å². The Morgan fingerprint density at radius 3 is 0.882 bits per heavy atom. The molecule has 0 amide bonds. The monoisotopic (exact) mass is 1730 g/mol. The van der Waals surface area contributed by atoms with Crippen LogP contribution in [0.2, 0.25) is 0 Å². The van der Waals surface area contributed by atoms with Gasteiger partial charge in [-0.25, -0.2) is 34.7 Å². The predicted molar refractivity (Wildman–Crippen MR) is 552 cm³/mol. The Kier molecular flexibility index (Phi) is 20.1. The molecular formula is C123H75N13. The van der Waals surface area contributed by atoms with E-state index < -0.39 is 0 Å². The van der Waals surface area contributed by atoms with Gasteiger partial charge in [-0.15, -0.1) is 0 Å². The Hall–Kier alpha value is -19.1. The standard InChI is InChI=1S/C65H39N7.C58H36N6/c1-67-50-33-28-44(29-34-50)48-31-36-55-54-35-30-47(43-26-24-42(41-66)25-27-43)39-60(54)72(61(55)40-48)59-37-32-49(52-21-13-22-56-53-20-11-12-23-58(53)71(62(52)56)51-18-9-4-10-19-51)38-57(59)65-69-63(45-14-5-2-6-15-45)68-64(70-65)46-16-7-3-8-17-46;59-37-38-27-29-39(30-28-38)42-31-33-53-49(35-42)47-22-11-13-26-52(47)64(53)54-34-32-43(45-23-14-24-48-46-21-10-12-25-51(46)63(55(45)48)44-19-8-3-9-20-44)36-50(54)58-61-56(40-15-4-1-5-16-40)60-57(62-58)41-17-6-2-7-18-41/h2-40H;1-36H. The van der Waals surface area contributed by atoms with Crippen molar-refractivity contribution in [2.24, 2.45) is 0 Å². The maximum Gasteiger partial charge on any atom is 0.187 e. The van der Waals surface area contributed by atoms with Crippen LogP contribution < -0.4 is 0 Å². The van der Waals surface area contributed by atoms with Crippen molar-refractivity contribution in [3.05, 3.63) is 478 Å². The van der Waals surface area contributed by atoms with Crippen molar-refractivity contribution >= 4 is 92.9 Å². The molecule has 0 N–H and O–H groups in total. The maximum atomic E-state index is 9.66. The summed E-state index contributed by atoms with van der Waals surface area (Å²) in [5, 5.41) is 28.3. The van der Waals surface area contributed by atoms with Gasteiger partial charge >= 0.3 is 0 Å². The molecule has 0 unspecified atom stereocenters. The van der Waals surface area contributed by atoms with Crippen molar-refractivity contribution in [3.8, 4) is 159 Å². The molecule has 136 heavy (non-hydrogen) atoms. The fraction of sp³-hybridized carbons (Fsp3) is 0. The number of hydrogen-bond donors (Lipinski definition) is 0. The fourth-order valence-electron chi connectivity index (χ4n) is 19.5. The second-order valence-electron chi connectivity index (χ2n) is 33.7. The Bertz CT molecular complexity index is 8920. The summed E-state index contributed by atoms with van der Waals surface area (Å²) < 4.78 is 9.46. The molecule has 632 valence electrons. The van der Waals surface area contributed by atoms with Crippen molar-refractivity contribution < 1.29 is 0 Å². The van der Waals surface area contributed by atoms with Crippen LogP contribution in [0.3, 0.4) is 0 Å². The summed E-state index contributed by atoms with van der Waals surface area (Å²) in [4.78, 5) is 35.3. The molecular weight excluding hydrogens is 1660 g/mol. The molecule has 19 aromatic carbocycles. The summed E-state index contributed by atoms with van der Waals surface area (Å²) in [6.07, 6.45) is 0. The van der Waals surface area contributed by atoms with E-state index in [9.17, 15) is 10.5 Å². The molecule has 13 nitrogen and oxygen atoms in total. The molecule has 0 saturated heterocycles. The minimum absolute atomic E-state index is 0.527. The number of nitrogens with zero attached hydrogens (tertiary/aromatic N) is 13. The second-order valence-corrected chi connectivity index (χ2v) is 33.7. The highest BCUT2D eigenvalue weighted by molar-refractivity contribution is 6.17. The maximum absolute atomic E-state index is 9.66. The molecule has 13 heteroatoms. The number of aromatic nitrogens is 10. The van der Waals surface area contributed by atoms with Gasteiger partial charge in [-0.1, -0.05) is 340 Å². The SMILES string of the molecule is N#Cc1ccc(-c2ccc3c(c2)c2ccccc2n3-c2ccc(-c3cccc4c5ccccc5n(-c5ccccc5)c34)cc2-c2nc(-c3ccccc3)nc(-c3ccccc3)n2)cc1.[C-]#[N+]c1ccc(-c2ccc3c4ccc(-c5ccc(C#N)cc5)cc4n(-c4ccc(-c5cccc6c7ccccc7n(-c7ccccc7)c56)cc4-c4nc(-c5ccccc5)nc(-c5ccccc5)n4)c3c2)cc1. The lowest BCUT2D eigenvalue weighted by Gasteiger charge is -2.18. The van der Waals surface area contributed by atoms with E-state index in [0.29, 0.717) is 51.8 Å². The zero-order chi connectivity index (χ0) is 90.7. The van der Waals surface area contributed by atoms with Gasteiger partial charge in [0.05, 0.1) is 85.3 Å². The molecule has 6 heterocycles. The van der Waals surface area contributed by atoms with E-state index in [1.807, 2.05) is 194 Å². The van der Waals surface area contributed by atoms with Crippen LogP contribution in [0.25, 0.3) is 239 Å². The first-order valence-electron chi connectivity index (χ1n) is 45.1. The predicted octanol–water partition coefficient (Wildman–Crippen LogP) is 30.8. The number of rotatable bonds is 15. The quantitative estimate of drug-likeness (QED) is 0.0921. The number of benzene rings is 19. The Labute approximate surface area is 782 Å². The summed E-state index contributed by atoms with van der Waals surface area (Å²) in [5.41, 5.74) is 30.1. The first-order chi connectivity index (χ1) is 67.3. The fourth-order valence-corrected chi connectivity index (χ4v) is 19.5. The largest absolute Gasteiger partial charge is 0.309 e. The van der Waals surface area contributed by atoms with Gasteiger partial charge in [0.1, 0.15) is 0 Å². The molecule has 0 spiro atoms. The smallest absolute Gasteiger partial charge is 0.187 e. The van der Waals surface area contributed by atoms with Crippen LogP contribution in [0.4, 0.5) is 5.69 Å². The van der Waals surface area contributed by atoms with Crippen molar-refractivity contribution in [1.29, 1.82) is 10.5 Å². The molecule has 0 aliphatic rings. The van der Waals surface area contributed by atoms with Gasteiger partial charge in [-0.05, 0) is 160 Å². The first kappa shape index (κ1) is 80.2. The molecule has 0 saturated carbocycles. The van der Waals surface area contributed by atoms with E-state index in [2.05, 4.69) is 296 Å². The van der Waals surface area contributed by atoms with Crippen molar-refractivity contribution in [2.75, 3.05) is 0 Å². The summed E-state index contributed by atoms with van der Waals surface area (Å²) in [6.45, 7) is 7.60. The van der Waals surface area contributed by atoms with E-state index in [1.54, 1.807) is 0 Å². The second kappa shape index (κ2) is 34.1. The lowest BCUT2D eigenvalue weighted by atomic mass is 9.98. The number of nitriles is 2. The van der Waals surface area contributed by atoms with Crippen molar-refractivity contribution in [1.82, 2.24) is 48.2 Å². The number of fused-ring (bicyclic) bond motifs is 12. The van der Waals surface area contributed by atoms with Crippen molar-refractivity contribution in [2.45, 2.75) is 0 Å². The summed E-state index contributed by atoms with van der Waals surface area (Å²) in [5.74, 6) is 3.43. The van der Waals surface area contributed by atoms with Gasteiger partial charge in [0.25, 0.3) is 0 Å². The molecule has 25 rings (SSSR count). The molecule has 0 aliphatic carbocycles. The third-order valence-electron chi connectivity index (χ3n) is 25.9. The van der Waals surface area contributed by atoms with Gasteiger partial charge in [-0.3, -0.25) is 0 Å². The minimum Gasteiger partial charge on any atom is -0.309 e. The highest BCUT2D eigenvalue weighted by Gasteiger charge is 2.28.